The third kappa shape index (κ3) is 19.5. The molecular formula is C17H30N2Na2O7SSi. The molecular weight excluding hydrogens is 450 g/mol. The summed E-state index contributed by atoms with van der Waals surface area (Å²) in [6.07, 6.45) is 2.83. The van der Waals surface area contributed by atoms with E-state index in [1.54, 1.807) is 21.3 Å². The molecule has 0 heterocycles. The molecule has 0 unspecified atom stereocenters. The molecule has 0 amide bonds. The molecule has 0 saturated carbocycles. The van der Waals surface area contributed by atoms with Crippen LogP contribution in [0.2, 0.25) is 6.04 Å². The molecule has 0 bridgehead atoms. The summed E-state index contributed by atoms with van der Waals surface area (Å²) in [5.41, 5.74) is 2.44. The fourth-order valence-electron chi connectivity index (χ4n) is 2.29. The zero-order chi connectivity index (χ0) is 21.5. The predicted octanol–water partition coefficient (Wildman–Crippen LogP) is -5.05. The van der Waals surface area contributed by atoms with Gasteiger partial charge in [-0.05, 0) is 24.1 Å². The molecule has 0 fully saturated rings. The summed E-state index contributed by atoms with van der Waals surface area (Å²) in [4.78, 5) is 0. The van der Waals surface area contributed by atoms with Crippen molar-refractivity contribution in [2.45, 2.75) is 19.0 Å². The Labute approximate surface area is 225 Å². The maximum Gasteiger partial charge on any atom is 1.00 e. The molecule has 0 atom stereocenters. The van der Waals surface area contributed by atoms with Gasteiger partial charge in [0.1, 0.15) is 0 Å². The van der Waals surface area contributed by atoms with Crippen LogP contribution in [0.25, 0.3) is 6.08 Å². The Morgan fingerprint density at radius 2 is 1.43 bits per heavy atom. The van der Waals surface area contributed by atoms with Gasteiger partial charge in [0.15, 0.2) is 0 Å². The minimum absolute atomic E-state index is 0. The van der Waals surface area contributed by atoms with Gasteiger partial charge in [-0.1, -0.05) is 36.9 Å². The van der Waals surface area contributed by atoms with Crippen molar-refractivity contribution in [3.8, 4) is 0 Å². The van der Waals surface area contributed by atoms with Gasteiger partial charge >= 0.3 is 67.9 Å². The molecule has 13 heteroatoms. The third-order valence-corrected chi connectivity index (χ3v) is 6.62. The van der Waals surface area contributed by atoms with E-state index in [9.17, 15) is 0 Å². The molecule has 0 aliphatic rings. The fraction of sp³-hybridized carbons (Fsp3) is 0.529. The molecule has 1 aromatic carbocycles. The molecule has 0 aromatic heterocycles. The second-order valence-corrected chi connectivity index (χ2v) is 9.59. The Bertz CT molecular complexity index is 632. The van der Waals surface area contributed by atoms with Gasteiger partial charge in [-0.2, -0.15) is 0 Å². The molecule has 0 aliphatic heterocycles. The topological polar surface area (TPSA) is 132 Å². The standard InChI is InChI=1S/C17H30N2O3Si.2Na.H2O4S/c1-5-16-7-9-17(10-8-16)15-19-13-12-18-11-6-14-23(20-2,21-3)22-4;;;1-5(2,3)4/h5,7-10,18-19H,1,6,11-15H2,2-4H3;;;(H2,1,2,3,4)/q;2*+1;/p-2. The maximum absolute atomic E-state index is 8.52. The molecule has 0 spiro atoms. The van der Waals surface area contributed by atoms with Crippen LogP contribution in [0.3, 0.4) is 0 Å². The molecule has 0 radical (unpaired) electrons. The summed E-state index contributed by atoms with van der Waals surface area (Å²) >= 11 is 0. The van der Waals surface area contributed by atoms with Gasteiger partial charge in [-0.25, -0.2) is 0 Å². The maximum atomic E-state index is 8.52. The first kappa shape index (κ1) is 35.4. The number of hydrogen-bond donors (Lipinski definition) is 2. The third-order valence-electron chi connectivity index (χ3n) is 3.79. The molecule has 0 saturated heterocycles. The normalized spacial score (nSPS) is 10.8. The SMILES string of the molecule is C=Cc1ccc(CNCCNCCC[Si](OC)(OC)OC)cc1.O=S(=O)([O-])[O-].[Na+].[Na+]. The van der Waals surface area contributed by atoms with E-state index in [2.05, 4.69) is 41.5 Å². The van der Waals surface area contributed by atoms with E-state index in [0.29, 0.717) is 0 Å². The van der Waals surface area contributed by atoms with Crippen LogP contribution >= 0.6 is 0 Å². The number of rotatable bonds is 13. The molecule has 162 valence electrons. The van der Waals surface area contributed by atoms with Crippen molar-refractivity contribution >= 4 is 25.3 Å². The summed E-state index contributed by atoms with van der Waals surface area (Å²) in [5.74, 6) is 0. The first-order chi connectivity index (χ1) is 13.2. The van der Waals surface area contributed by atoms with Crippen molar-refractivity contribution in [1.82, 2.24) is 10.6 Å². The van der Waals surface area contributed by atoms with Gasteiger partial charge in [0.2, 0.25) is 0 Å². The zero-order valence-corrected chi connectivity index (χ0v) is 24.4. The van der Waals surface area contributed by atoms with E-state index in [1.807, 2.05) is 6.08 Å². The van der Waals surface area contributed by atoms with Crippen LogP contribution in [0.1, 0.15) is 17.5 Å². The largest absolute Gasteiger partial charge is 1.00 e. The monoisotopic (exact) mass is 480 g/mol. The quantitative estimate of drug-likeness (QED) is 0.123. The van der Waals surface area contributed by atoms with Gasteiger partial charge in [-0.3, -0.25) is 8.42 Å². The minimum atomic E-state index is -5.17. The molecule has 2 N–H and O–H groups in total. The molecule has 30 heavy (non-hydrogen) atoms. The molecule has 1 rings (SSSR count). The van der Waals surface area contributed by atoms with Crippen molar-refractivity contribution < 1.29 is 89.9 Å². The van der Waals surface area contributed by atoms with Crippen LogP contribution in [0.5, 0.6) is 0 Å². The fourth-order valence-corrected chi connectivity index (χ4v) is 4.01. The summed E-state index contributed by atoms with van der Waals surface area (Å²) in [6.45, 7) is 7.44. The van der Waals surface area contributed by atoms with Crippen molar-refractivity contribution in [3.63, 3.8) is 0 Å². The first-order valence-corrected chi connectivity index (χ1v) is 11.9. The number of benzene rings is 1. The second-order valence-electron chi connectivity index (χ2n) is 5.68. The Kier molecular flexibility index (Phi) is 24.2. The van der Waals surface area contributed by atoms with Crippen LogP contribution in [-0.4, -0.2) is 67.3 Å². The minimum Gasteiger partial charge on any atom is -0.759 e. The average molecular weight is 481 g/mol. The predicted molar refractivity (Wildman–Crippen MR) is 108 cm³/mol. The van der Waals surface area contributed by atoms with Gasteiger partial charge in [-0.15, -0.1) is 0 Å². The van der Waals surface area contributed by atoms with Gasteiger partial charge in [0.05, 0.1) is 0 Å². The van der Waals surface area contributed by atoms with Gasteiger partial charge < -0.3 is 33.0 Å². The van der Waals surface area contributed by atoms with E-state index in [4.69, 9.17) is 30.8 Å². The molecule has 9 nitrogen and oxygen atoms in total. The van der Waals surface area contributed by atoms with Crippen LogP contribution < -0.4 is 69.7 Å². The van der Waals surface area contributed by atoms with E-state index in [0.717, 1.165) is 44.2 Å². The van der Waals surface area contributed by atoms with Crippen molar-refractivity contribution in [1.29, 1.82) is 0 Å². The zero-order valence-electron chi connectivity index (χ0n) is 18.6. The Balaban J connectivity index is -0.000000930. The smallest absolute Gasteiger partial charge is 0.759 e. The summed E-state index contributed by atoms with van der Waals surface area (Å²) in [7, 11) is -2.62. The van der Waals surface area contributed by atoms with Crippen molar-refractivity contribution in [2.24, 2.45) is 0 Å². The van der Waals surface area contributed by atoms with Crippen LogP contribution in [0.4, 0.5) is 0 Å². The Morgan fingerprint density at radius 1 is 0.967 bits per heavy atom. The summed E-state index contributed by atoms with van der Waals surface area (Å²) in [6, 6.07) is 9.25. The van der Waals surface area contributed by atoms with Crippen molar-refractivity contribution in [2.75, 3.05) is 41.0 Å². The first-order valence-electron chi connectivity index (χ1n) is 8.64. The van der Waals surface area contributed by atoms with Gasteiger partial charge in [0, 0.05) is 57.4 Å². The van der Waals surface area contributed by atoms with Gasteiger partial charge in [0.25, 0.3) is 0 Å². The number of nitrogens with one attached hydrogen (secondary N) is 2. The summed E-state index contributed by atoms with van der Waals surface area (Å²) in [5, 5.41) is 6.84. The van der Waals surface area contributed by atoms with Crippen LogP contribution in [-0.2, 0) is 30.2 Å². The van der Waals surface area contributed by atoms with E-state index in [-0.39, 0.29) is 59.1 Å². The van der Waals surface area contributed by atoms with Crippen molar-refractivity contribution in [3.05, 3.63) is 42.0 Å². The molecule has 0 aliphatic carbocycles. The average Bonchev–Trinajstić information content (AvgIpc) is 2.66. The second kappa shape index (κ2) is 20.5. The Hall–Kier alpha value is 0.847. The Morgan fingerprint density at radius 3 is 1.87 bits per heavy atom. The van der Waals surface area contributed by atoms with E-state index >= 15 is 0 Å². The molecule has 1 aromatic rings. The van der Waals surface area contributed by atoms with Crippen LogP contribution in [0, 0.1) is 0 Å². The van der Waals surface area contributed by atoms with E-state index in [1.165, 1.54) is 5.56 Å². The van der Waals surface area contributed by atoms with Crippen LogP contribution in [0.15, 0.2) is 30.8 Å². The van der Waals surface area contributed by atoms with E-state index < -0.39 is 19.2 Å². The number of hydrogen-bond acceptors (Lipinski definition) is 9. The summed E-state index contributed by atoms with van der Waals surface area (Å²) < 4.78 is 50.3.